The lowest BCUT2D eigenvalue weighted by Crippen LogP contribution is -2.43. The zero-order chi connectivity index (χ0) is 12.4. The second-order valence-electron chi connectivity index (χ2n) is 3.67. The lowest BCUT2D eigenvalue weighted by Gasteiger charge is -2.31. The molecule has 0 aliphatic carbocycles. The highest BCUT2D eigenvalue weighted by atomic mass is 32.2. The van der Waals surface area contributed by atoms with Crippen molar-refractivity contribution in [3.05, 3.63) is 0 Å². The highest BCUT2D eigenvalue weighted by molar-refractivity contribution is 7.86. The molecule has 0 aromatic carbocycles. The normalized spacial score (nSPS) is 24.5. The Labute approximate surface area is 95.5 Å². The average molecular weight is 273 g/mol. The maximum atomic E-state index is 11.0. The van der Waals surface area contributed by atoms with Crippen LogP contribution in [-0.2, 0) is 28.7 Å². The molecule has 16 heavy (non-hydrogen) atoms. The van der Waals surface area contributed by atoms with Crippen molar-refractivity contribution in [2.45, 2.75) is 25.5 Å². The van der Waals surface area contributed by atoms with Gasteiger partial charge in [0.25, 0.3) is 20.2 Å². The van der Waals surface area contributed by atoms with E-state index in [-0.39, 0.29) is 0 Å². The van der Waals surface area contributed by atoms with Crippen LogP contribution in [0.25, 0.3) is 0 Å². The second-order valence-corrected chi connectivity index (χ2v) is 6.83. The molecule has 1 rings (SSSR count). The molecule has 0 N–H and O–H groups in total. The van der Waals surface area contributed by atoms with Crippen LogP contribution in [0.2, 0.25) is 0 Å². The predicted octanol–water partition coefficient (Wildman–Crippen LogP) is -0.334. The zero-order valence-electron chi connectivity index (χ0n) is 9.12. The Morgan fingerprint density at radius 2 is 1.69 bits per heavy atom. The van der Waals surface area contributed by atoms with E-state index in [0.29, 0.717) is 13.0 Å². The molecule has 0 bridgehead atoms. The summed E-state index contributed by atoms with van der Waals surface area (Å²) in [4.78, 5) is 0. The summed E-state index contributed by atoms with van der Waals surface area (Å²) in [6.45, 7) is 0.327. The lowest BCUT2D eigenvalue weighted by molar-refractivity contribution is -0.169. The summed E-state index contributed by atoms with van der Waals surface area (Å²) in [7, 11) is -7.29. The first-order chi connectivity index (χ1) is 7.17. The van der Waals surface area contributed by atoms with E-state index in [4.69, 9.17) is 4.18 Å². The average Bonchev–Trinajstić information content (AvgIpc) is 2.03. The van der Waals surface area contributed by atoms with E-state index < -0.39 is 26.5 Å². The number of piperidine rings is 1. The maximum absolute atomic E-state index is 11.0. The minimum atomic E-state index is -3.66. The van der Waals surface area contributed by atoms with Gasteiger partial charge in [-0.1, -0.05) is 0 Å². The summed E-state index contributed by atoms with van der Waals surface area (Å²) in [5, 5.41) is 1.06. The quantitative estimate of drug-likeness (QED) is 0.647. The van der Waals surface area contributed by atoms with Crippen LogP contribution in [0.15, 0.2) is 0 Å². The fourth-order valence-electron chi connectivity index (χ4n) is 1.43. The van der Waals surface area contributed by atoms with Crippen molar-refractivity contribution in [3.8, 4) is 0 Å². The van der Waals surface area contributed by atoms with Gasteiger partial charge in [-0.15, -0.1) is 5.06 Å². The smallest absolute Gasteiger partial charge is 0.249 e. The lowest BCUT2D eigenvalue weighted by atomic mass is 10.1. The van der Waals surface area contributed by atoms with Crippen molar-refractivity contribution in [3.63, 3.8) is 0 Å². The van der Waals surface area contributed by atoms with E-state index >= 15 is 0 Å². The zero-order valence-corrected chi connectivity index (χ0v) is 10.8. The Morgan fingerprint density at radius 1 is 1.06 bits per heavy atom. The Kier molecular flexibility index (Phi) is 4.29. The molecule has 0 aromatic heterocycles. The molecule has 96 valence electrons. The Balaban J connectivity index is 2.72. The van der Waals surface area contributed by atoms with Crippen molar-refractivity contribution < 1.29 is 25.3 Å². The summed E-state index contributed by atoms with van der Waals surface area (Å²) in [6.07, 6.45) is 2.88. The molecule has 7 nitrogen and oxygen atoms in total. The third-order valence-electron chi connectivity index (χ3n) is 1.92. The van der Waals surface area contributed by atoms with Crippen LogP contribution in [0.3, 0.4) is 0 Å². The summed E-state index contributed by atoms with van der Waals surface area (Å²) < 4.78 is 53.2. The van der Waals surface area contributed by atoms with Gasteiger partial charge < -0.3 is 0 Å². The van der Waals surface area contributed by atoms with E-state index in [1.807, 2.05) is 0 Å². The third kappa shape index (κ3) is 5.21. The molecular weight excluding hydrogens is 258 g/mol. The molecule has 1 aliphatic rings. The number of hydroxylamine groups is 2. The van der Waals surface area contributed by atoms with Gasteiger partial charge in [0.2, 0.25) is 0 Å². The van der Waals surface area contributed by atoms with Gasteiger partial charge in [0.05, 0.1) is 12.5 Å². The minimum absolute atomic E-state index is 0.327. The maximum Gasteiger partial charge on any atom is 0.280 e. The first kappa shape index (κ1) is 13.8. The van der Waals surface area contributed by atoms with Gasteiger partial charge in [0.1, 0.15) is 0 Å². The van der Waals surface area contributed by atoms with Crippen LogP contribution >= 0.6 is 0 Å². The summed E-state index contributed by atoms with van der Waals surface area (Å²) >= 11 is 0. The van der Waals surface area contributed by atoms with Gasteiger partial charge in [-0.3, -0.25) is 0 Å². The van der Waals surface area contributed by atoms with E-state index in [0.717, 1.165) is 30.4 Å². The van der Waals surface area contributed by atoms with Gasteiger partial charge in [0, 0.05) is 6.54 Å². The van der Waals surface area contributed by atoms with Gasteiger partial charge in [0.15, 0.2) is 6.23 Å². The standard InChI is InChI=1S/C7H15NO6S2/c1-15(9,10)13-7-5-3-4-6-8(7)14-16(2,11)12/h7H,3-6H2,1-2H3. The van der Waals surface area contributed by atoms with Crippen molar-refractivity contribution >= 4 is 20.2 Å². The van der Waals surface area contributed by atoms with Crippen LogP contribution in [-0.4, -0.2) is 47.2 Å². The molecule has 9 heteroatoms. The van der Waals surface area contributed by atoms with Gasteiger partial charge in [-0.25, -0.2) is 4.18 Å². The molecule has 0 amide bonds. The molecule has 1 atom stereocenters. The topological polar surface area (TPSA) is 90.0 Å². The highest BCUT2D eigenvalue weighted by Gasteiger charge is 2.29. The van der Waals surface area contributed by atoms with Gasteiger partial charge in [-0.05, 0) is 19.3 Å². The van der Waals surface area contributed by atoms with E-state index in [9.17, 15) is 16.8 Å². The summed E-state index contributed by atoms with van der Waals surface area (Å²) in [5.74, 6) is 0. The van der Waals surface area contributed by atoms with Crippen molar-refractivity contribution in [1.29, 1.82) is 0 Å². The minimum Gasteiger partial charge on any atom is -0.249 e. The van der Waals surface area contributed by atoms with E-state index in [1.54, 1.807) is 0 Å². The molecule has 0 aromatic rings. The number of hydrogen-bond donors (Lipinski definition) is 0. The molecule has 1 unspecified atom stereocenters. The molecule has 1 fully saturated rings. The van der Waals surface area contributed by atoms with Crippen LogP contribution in [0.5, 0.6) is 0 Å². The summed E-state index contributed by atoms with van der Waals surface area (Å²) in [5.41, 5.74) is 0. The van der Waals surface area contributed by atoms with Crippen molar-refractivity contribution in [2.24, 2.45) is 0 Å². The fraction of sp³-hybridized carbons (Fsp3) is 1.00. The van der Waals surface area contributed by atoms with Crippen LogP contribution < -0.4 is 0 Å². The molecule has 0 spiro atoms. The van der Waals surface area contributed by atoms with Crippen molar-refractivity contribution in [1.82, 2.24) is 5.06 Å². The predicted molar refractivity (Wildman–Crippen MR) is 56.2 cm³/mol. The largest absolute Gasteiger partial charge is 0.280 e. The molecule has 0 radical (unpaired) electrons. The molecular formula is C7H15NO6S2. The Morgan fingerprint density at radius 3 is 2.19 bits per heavy atom. The van der Waals surface area contributed by atoms with E-state index in [1.165, 1.54) is 0 Å². The molecule has 1 heterocycles. The van der Waals surface area contributed by atoms with Crippen LogP contribution in [0.1, 0.15) is 19.3 Å². The molecule has 0 saturated carbocycles. The van der Waals surface area contributed by atoms with Crippen LogP contribution in [0, 0.1) is 0 Å². The number of rotatable bonds is 4. The SMILES string of the molecule is CS(=O)(=O)OC1CCCCN1OS(C)(=O)=O. The van der Waals surface area contributed by atoms with E-state index in [2.05, 4.69) is 4.28 Å². The highest BCUT2D eigenvalue weighted by Crippen LogP contribution is 2.20. The molecule has 1 saturated heterocycles. The number of hydrogen-bond acceptors (Lipinski definition) is 7. The van der Waals surface area contributed by atoms with Gasteiger partial charge in [-0.2, -0.15) is 21.1 Å². The first-order valence-corrected chi connectivity index (χ1v) is 8.35. The fourth-order valence-corrected chi connectivity index (χ4v) is 2.55. The second kappa shape index (κ2) is 4.96. The Bertz CT molecular complexity index is 386. The summed E-state index contributed by atoms with van der Waals surface area (Å²) in [6, 6.07) is 0. The first-order valence-electron chi connectivity index (χ1n) is 4.72. The Hall–Kier alpha value is -0.220. The third-order valence-corrected chi connectivity index (χ3v) is 2.95. The van der Waals surface area contributed by atoms with Crippen molar-refractivity contribution in [2.75, 3.05) is 19.1 Å². The van der Waals surface area contributed by atoms with Gasteiger partial charge >= 0.3 is 0 Å². The monoisotopic (exact) mass is 273 g/mol. The van der Waals surface area contributed by atoms with Crippen LogP contribution in [0.4, 0.5) is 0 Å². The molecule has 1 aliphatic heterocycles. The number of nitrogens with zero attached hydrogens (tertiary/aromatic N) is 1.